The Morgan fingerprint density at radius 1 is 0.939 bits per heavy atom. The van der Waals surface area contributed by atoms with E-state index >= 15 is 0 Å². The van der Waals surface area contributed by atoms with Gasteiger partial charge in [0.2, 0.25) is 0 Å². The van der Waals surface area contributed by atoms with Crippen LogP contribution < -0.4 is 9.47 Å². The first-order valence-corrected chi connectivity index (χ1v) is 11.6. The smallest absolute Gasteiger partial charge is 0.343 e. The van der Waals surface area contributed by atoms with Gasteiger partial charge in [-0.3, -0.25) is 0 Å². The molecule has 5 nitrogen and oxygen atoms in total. The number of ether oxygens (including phenoxy) is 3. The molecule has 0 amide bonds. The van der Waals surface area contributed by atoms with Crippen molar-refractivity contribution in [3.8, 4) is 11.5 Å². The molecule has 2 aromatic rings. The van der Waals surface area contributed by atoms with Gasteiger partial charge in [0, 0.05) is 0 Å². The van der Waals surface area contributed by atoms with Gasteiger partial charge in [-0.1, -0.05) is 33.8 Å². The van der Waals surface area contributed by atoms with Gasteiger partial charge in [-0.25, -0.2) is 9.59 Å². The van der Waals surface area contributed by atoms with Crippen LogP contribution in [0.3, 0.4) is 0 Å². The average Bonchev–Trinajstić information content (AvgIpc) is 2.78. The van der Waals surface area contributed by atoms with E-state index in [0.29, 0.717) is 47.0 Å². The maximum atomic E-state index is 12.7. The normalized spacial score (nSPS) is 20.2. The highest BCUT2D eigenvalue weighted by Crippen LogP contribution is 2.35. The number of benzene rings is 2. The van der Waals surface area contributed by atoms with E-state index in [9.17, 15) is 9.59 Å². The first-order valence-electron chi connectivity index (χ1n) is 11.6. The average molecular weight is 451 g/mol. The zero-order valence-corrected chi connectivity index (χ0v) is 20.0. The summed E-state index contributed by atoms with van der Waals surface area (Å²) in [6, 6.07) is 13.2. The van der Waals surface area contributed by atoms with E-state index in [1.807, 2.05) is 6.92 Å². The van der Waals surface area contributed by atoms with Gasteiger partial charge in [-0.05, 0) is 91.6 Å². The van der Waals surface area contributed by atoms with Crippen LogP contribution >= 0.6 is 0 Å². The van der Waals surface area contributed by atoms with E-state index in [0.717, 1.165) is 18.4 Å². The molecule has 1 saturated carbocycles. The minimum atomic E-state index is -0.479. The van der Waals surface area contributed by atoms with Crippen molar-refractivity contribution in [2.24, 2.45) is 17.8 Å². The molecule has 0 bridgehead atoms. The van der Waals surface area contributed by atoms with Gasteiger partial charge in [0.1, 0.15) is 24.2 Å². The molecule has 3 unspecified atom stereocenters. The molecule has 0 N–H and O–H groups in total. The molecule has 1 aliphatic carbocycles. The van der Waals surface area contributed by atoms with Gasteiger partial charge in [0.25, 0.3) is 0 Å². The Hall–Kier alpha value is -3.08. The Morgan fingerprint density at radius 3 is 2.09 bits per heavy atom. The summed E-state index contributed by atoms with van der Waals surface area (Å²) in [6.07, 6.45) is 3.12. The molecule has 3 atom stereocenters. The summed E-state index contributed by atoms with van der Waals surface area (Å²) in [7, 11) is 0. The third-order valence-corrected chi connectivity index (χ3v) is 6.10. The summed E-state index contributed by atoms with van der Waals surface area (Å²) in [6.45, 7) is 12.7. The maximum absolute atomic E-state index is 12.7. The van der Waals surface area contributed by atoms with Crippen LogP contribution in [-0.2, 0) is 4.74 Å². The van der Waals surface area contributed by atoms with Gasteiger partial charge >= 0.3 is 11.9 Å². The molecule has 5 heteroatoms. The second kappa shape index (κ2) is 11.2. The summed E-state index contributed by atoms with van der Waals surface area (Å²) in [4.78, 5) is 25.2. The van der Waals surface area contributed by atoms with Gasteiger partial charge in [0.05, 0.1) is 11.1 Å². The fourth-order valence-electron chi connectivity index (χ4n) is 4.17. The highest BCUT2D eigenvalue weighted by molar-refractivity contribution is 5.92. The summed E-state index contributed by atoms with van der Waals surface area (Å²) in [5, 5.41) is 0. The van der Waals surface area contributed by atoms with Gasteiger partial charge in [0.15, 0.2) is 0 Å². The molecule has 1 fully saturated rings. The zero-order valence-electron chi connectivity index (χ0n) is 20.0. The van der Waals surface area contributed by atoms with E-state index in [2.05, 4.69) is 27.4 Å². The molecule has 0 radical (unpaired) electrons. The van der Waals surface area contributed by atoms with Crippen LogP contribution in [0.5, 0.6) is 11.5 Å². The number of hydrogen-bond donors (Lipinski definition) is 0. The first kappa shape index (κ1) is 24.6. The molecule has 33 heavy (non-hydrogen) atoms. The Bertz CT molecular complexity index is 959. The van der Waals surface area contributed by atoms with Crippen LogP contribution in [0.4, 0.5) is 0 Å². The number of carbonyl (C=O) groups excluding carboxylic acids is 2. The zero-order chi connectivity index (χ0) is 24.0. The Balaban J connectivity index is 1.57. The van der Waals surface area contributed by atoms with Crippen LogP contribution in [0, 0.1) is 17.8 Å². The summed E-state index contributed by atoms with van der Waals surface area (Å²) >= 11 is 0. The molecule has 3 rings (SSSR count). The minimum Gasteiger partial charge on any atom is -0.489 e. The second-order valence-corrected chi connectivity index (χ2v) is 9.45. The van der Waals surface area contributed by atoms with Crippen molar-refractivity contribution in [2.75, 3.05) is 6.61 Å². The molecule has 0 aliphatic heterocycles. The lowest BCUT2D eigenvalue weighted by molar-refractivity contribution is -0.0174. The summed E-state index contributed by atoms with van der Waals surface area (Å²) in [5.41, 5.74) is 1.78. The second-order valence-electron chi connectivity index (χ2n) is 9.45. The van der Waals surface area contributed by atoms with Crippen LogP contribution in [-0.4, -0.2) is 24.6 Å². The van der Waals surface area contributed by atoms with Crippen molar-refractivity contribution in [3.05, 3.63) is 71.8 Å². The van der Waals surface area contributed by atoms with Crippen molar-refractivity contribution < 1.29 is 23.8 Å². The van der Waals surface area contributed by atoms with E-state index in [1.54, 1.807) is 48.5 Å². The topological polar surface area (TPSA) is 61.8 Å². The molecule has 0 aromatic heterocycles. The molecule has 0 heterocycles. The van der Waals surface area contributed by atoms with E-state index < -0.39 is 5.97 Å². The van der Waals surface area contributed by atoms with Crippen molar-refractivity contribution >= 4 is 11.9 Å². The lowest BCUT2D eigenvalue weighted by atomic mass is 9.75. The maximum Gasteiger partial charge on any atom is 0.343 e. The third kappa shape index (κ3) is 6.95. The predicted octanol–water partition coefficient (Wildman–Crippen LogP) is 6.48. The molecule has 0 spiro atoms. The fourth-order valence-corrected chi connectivity index (χ4v) is 4.17. The Labute approximate surface area is 196 Å². The van der Waals surface area contributed by atoms with Crippen LogP contribution in [0.25, 0.3) is 0 Å². The van der Waals surface area contributed by atoms with Crippen LogP contribution in [0.1, 0.15) is 67.7 Å². The molecular formula is C28H34O5. The number of carbonyl (C=O) groups is 2. The first-order chi connectivity index (χ1) is 15.7. The minimum absolute atomic E-state index is 0.0545. The van der Waals surface area contributed by atoms with E-state index in [-0.39, 0.29) is 12.1 Å². The van der Waals surface area contributed by atoms with Crippen molar-refractivity contribution in [1.82, 2.24) is 0 Å². The van der Waals surface area contributed by atoms with Crippen LogP contribution in [0.2, 0.25) is 0 Å². The Kier molecular flexibility index (Phi) is 8.32. The highest BCUT2D eigenvalue weighted by Gasteiger charge is 2.33. The SMILES string of the molecule is C=C(C)COc1ccc(C(=O)Oc2ccc(C(=O)OC3CC(C)CCC3C(C)C)cc2)cc1. The predicted molar refractivity (Wildman–Crippen MR) is 129 cm³/mol. The van der Waals surface area contributed by atoms with Crippen LogP contribution in [0.15, 0.2) is 60.7 Å². The largest absolute Gasteiger partial charge is 0.489 e. The van der Waals surface area contributed by atoms with Gasteiger partial charge in [-0.15, -0.1) is 0 Å². The van der Waals surface area contributed by atoms with Gasteiger partial charge in [-0.2, -0.15) is 0 Å². The Morgan fingerprint density at radius 2 is 1.52 bits per heavy atom. The summed E-state index contributed by atoms with van der Waals surface area (Å²) in [5.74, 6) is 1.64. The quantitative estimate of drug-likeness (QED) is 0.262. The third-order valence-electron chi connectivity index (χ3n) is 6.10. The molecular weight excluding hydrogens is 416 g/mol. The lowest BCUT2D eigenvalue weighted by Gasteiger charge is -2.36. The fraction of sp³-hybridized carbons (Fsp3) is 0.429. The molecule has 2 aromatic carbocycles. The van der Waals surface area contributed by atoms with Crippen molar-refractivity contribution in [1.29, 1.82) is 0 Å². The van der Waals surface area contributed by atoms with E-state index in [4.69, 9.17) is 14.2 Å². The standard InChI is InChI=1S/C28H34O5/c1-18(2)17-31-23-11-7-21(8-12-23)27(29)32-24-13-9-22(10-14-24)28(30)33-26-16-20(5)6-15-25(26)19(3)4/h7-14,19-20,25-26H,1,6,15-17H2,2-5H3. The van der Waals surface area contributed by atoms with Crippen molar-refractivity contribution in [2.45, 2.75) is 53.1 Å². The summed E-state index contributed by atoms with van der Waals surface area (Å²) < 4.78 is 16.9. The number of rotatable bonds is 8. The van der Waals surface area contributed by atoms with Gasteiger partial charge < -0.3 is 14.2 Å². The highest BCUT2D eigenvalue weighted by atomic mass is 16.5. The molecule has 176 valence electrons. The monoisotopic (exact) mass is 450 g/mol. The van der Waals surface area contributed by atoms with E-state index in [1.165, 1.54) is 6.42 Å². The number of esters is 2. The van der Waals surface area contributed by atoms with Crippen molar-refractivity contribution in [3.63, 3.8) is 0 Å². The molecule has 0 saturated heterocycles. The number of hydrogen-bond acceptors (Lipinski definition) is 5. The molecule has 1 aliphatic rings. The lowest BCUT2D eigenvalue weighted by Crippen LogP contribution is -2.35.